The number of nitrogens with zero attached hydrogens (tertiary/aromatic N) is 1. The number of ether oxygens (including phenoxy) is 1. The summed E-state index contributed by atoms with van der Waals surface area (Å²) < 4.78 is 5.33. The summed E-state index contributed by atoms with van der Waals surface area (Å²) in [4.78, 5) is 31.1. The molecule has 0 radical (unpaired) electrons. The number of benzene rings is 2. The molecule has 1 heterocycles. The maximum absolute atomic E-state index is 13.5. The SMILES string of the molecule is CCOC(=O)C1=C(C)N=C2c3ccccc3C(=O)C2(C)C1c1ccccc1. The first-order valence-corrected chi connectivity index (χ1v) is 9.16. The molecule has 0 saturated carbocycles. The van der Waals surface area contributed by atoms with Gasteiger partial charge in [0.05, 0.1) is 23.3 Å². The van der Waals surface area contributed by atoms with Crippen molar-refractivity contribution in [2.45, 2.75) is 26.7 Å². The lowest BCUT2D eigenvalue weighted by atomic mass is 9.64. The van der Waals surface area contributed by atoms with Gasteiger partial charge in [-0.15, -0.1) is 0 Å². The standard InChI is InChI=1S/C23H21NO3/c1-4-27-22(26)18-14(2)24-20-16-12-8-9-13-17(16)21(25)23(20,3)19(18)15-10-6-5-7-11-15/h5-13,19H,4H2,1-3H3. The molecule has 1 aliphatic heterocycles. The zero-order chi connectivity index (χ0) is 19.2. The molecule has 0 fully saturated rings. The van der Waals surface area contributed by atoms with Crippen LogP contribution in [0.2, 0.25) is 0 Å². The Morgan fingerprint density at radius 1 is 1.07 bits per heavy atom. The van der Waals surface area contributed by atoms with Gasteiger partial charge in [-0.1, -0.05) is 54.6 Å². The Morgan fingerprint density at radius 3 is 2.37 bits per heavy atom. The Hall–Kier alpha value is -3.01. The maximum atomic E-state index is 13.5. The third-order valence-corrected chi connectivity index (χ3v) is 5.55. The van der Waals surface area contributed by atoms with Crippen LogP contribution in [0.5, 0.6) is 0 Å². The van der Waals surface area contributed by atoms with Gasteiger partial charge in [0.15, 0.2) is 5.78 Å². The van der Waals surface area contributed by atoms with E-state index in [-0.39, 0.29) is 12.4 Å². The molecule has 4 rings (SSSR count). The van der Waals surface area contributed by atoms with E-state index in [1.54, 1.807) is 6.92 Å². The Balaban J connectivity index is 2.01. The Bertz CT molecular complexity index is 1000. The van der Waals surface area contributed by atoms with E-state index in [9.17, 15) is 9.59 Å². The fourth-order valence-electron chi connectivity index (χ4n) is 4.34. The molecule has 0 N–H and O–H groups in total. The van der Waals surface area contributed by atoms with Crippen molar-refractivity contribution < 1.29 is 14.3 Å². The van der Waals surface area contributed by atoms with Crippen LogP contribution in [-0.2, 0) is 9.53 Å². The average Bonchev–Trinajstić information content (AvgIpc) is 2.90. The number of carbonyl (C=O) groups is 2. The van der Waals surface area contributed by atoms with Gasteiger partial charge in [-0.2, -0.15) is 0 Å². The normalized spacial score (nSPS) is 23.6. The molecular weight excluding hydrogens is 338 g/mol. The lowest BCUT2D eigenvalue weighted by Gasteiger charge is -2.38. The van der Waals surface area contributed by atoms with Crippen molar-refractivity contribution >= 4 is 17.5 Å². The van der Waals surface area contributed by atoms with Gasteiger partial charge >= 0.3 is 5.97 Å². The van der Waals surface area contributed by atoms with E-state index in [4.69, 9.17) is 9.73 Å². The first-order chi connectivity index (χ1) is 13.0. The number of hydrogen-bond acceptors (Lipinski definition) is 4. The summed E-state index contributed by atoms with van der Waals surface area (Å²) >= 11 is 0. The van der Waals surface area contributed by atoms with E-state index in [1.165, 1.54) is 0 Å². The number of Topliss-reactive ketones (excluding diaryl/α,β-unsaturated/α-hetero) is 1. The highest BCUT2D eigenvalue weighted by molar-refractivity contribution is 6.33. The van der Waals surface area contributed by atoms with Gasteiger partial charge < -0.3 is 4.74 Å². The highest BCUT2D eigenvalue weighted by Crippen LogP contribution is 2.53. The van der Waals surface area contributed by atoms with Gasteiger partial charge in [0.1, 0.15) is 0 Å². The predicted octanol–water partition coefficient (Wildman–Crippen LogP) is 4.31. The topological polar surface area (TPSA) is 55.7 Å². The average molecular weight is 359 g/mol. The van der Waals surface area contributed by atoms with Crippen LogP contribution in [0.4, 0.5) is 0 Å². The molecule has 2 unspecified atom stereocenters. The van der Waals surface area contributed by atoms with Crippen molar-refractivity contribution in [3.05, 3.63) is 82.6 Å². The second-order valence-corrected chi connectivity index (χ2v) is 7.10. The van der Waals surface area contributed by atoms with Gasteiger partial charge in [0.2, 0.25) is 0 Å². The fraction of sp³-hybridized carbons (Fsp3) is 0.261. The van der Waals surface area contributed by atoms with Gasteiger partial charge in [-0.25, -0.2) is 4.79 Å². The Labute approximate surface area is 158 Å². The van der Waals surface area contributed by atoms with Gasteiger partial charge in [0.25, 0.3) is 0 Å². The summed E-state index contributed by atoms with van der Waals surface area (Å²) in [5, 5.41) is 0. The number of hydrogen-bond donors (Lipinski definition) is 0. The second kappa shape index (κ2) is 6.31. The van der Waals surface area contributed by atoms with Crippen LogP contribution in [0, 0.1) is 5.41 Å². The summed E-state index contributed by atoms with van der Waals surface area (Å²) in [5.74, 6) is -0.846. The quantitative estimate of drug-likeness (QED) is 0.767. The number of aliphatic imine (C=N–C) groups is 1. The third-order valence-electron chi connectivity index (χ3n) is 5.55. The summed E-state index contributed by atoms with van der Waals surface area (Å²) in [6.45, 7) is 5.78. The summed E-state index contributed by atoms with van der Waals surface area (Å²) in [6.07, 6.45) is 0. The van der Waals surface area contributed by atoms with Crippen LogP contribution in [0.15, 0.2) is 70.9 Å². The molecule has 2 atom stereocenters. The minimum Gasteiger partial charge on any atom is -0.463 e. The molecule has 0 aromatic heterocycles. The predicted molar refractivity (Wildman–Crippen MR) is 104 cm³/mol. The van der Waals surface area contributed by atoms with E-state index < -0.39 is 17.3 Å². The first-order valence-electron chi connectivity index (χ1n) is 9.16. The number of esters is 1. The molecule has 0 saturated heterocycles. The van der Waals surface area contributed by atoms with Crippen molar-refractivity contribution in [2.75, 3.05) is 6.61 Å². The molecule has 27 heavy (non-hydrogen) atoms. The van der Waals surface area contributed by atoms with Crippen LogP contribution in [0.3, 0.4) is 0 Å². The molecule has 4 nitrogen and oxygen atoms in total. The molecule has 2 aromatic carbocycles. The lowest BCUT2D eigenvalue weighted by molar-refractivity contribution is -0.139. The smallest absolute Gasteiger partial charge is 0.336 e. The molecule has 0 spiro atoms. The molecule has 2 aliphatic rings. The summed E-state index contributed by atoms with van der Waals surface area (Å²) in [7, 11) is 0. The largest absolute Gasteiger partial charge is 0.463 e. The molecule has 2 aromatic rings. The zero-order valence-corrected chi connectivity index (χ0v) is 15.7. The van der Waals surface area contributed by atoms with E-state index in [0.29, 0.717) is 16.8 Å². The van der Waals surface area contributed by atoms with Crippen molar-refractivity contribution in [3.63, 3.8) is 0 Å². The Kier molecular flexibility index (Phi) is 4.06. The van der Waals surface area contributed by atoms with Crippen molar-refractivity contribution in [2.24, 2.45) is 10.4 Å². The van der Waals surface area contributed by atoms with E-state index in [0.717, 1.165) is 16.8 Å². The van der Waals surface area contributed by atoms with Crippen LogP contribution >= 0.6 is 0 Å². The molecule has 136 valence electrons. The third kappa shape index (κ3) is 2.40. The molecule has 0 amide bonds. The lowest BCUT2D eigenvalue weighted by Crippen LogP contribution is -2.42. The van der Waals surface area contributed by atoms with Crippen LogP contribution in [0.1, 0.15) is 48.2 Å². The zero-order valence-electron chi connectivity index (χ0n) is 15.7. The number of fused-ring (bicyclic) bond motifs is 3. The van der Waals surface area contributed by atoms with E-state index in [1.807, 2.05) is 68.4 Å². The number of carbonyl (C=O) groups excluding carboxylic acids is 2. The minimum absolute atomic E-state index is 0.00000142. The Morgan fingerprint density at radius 2 is 1.70 bits per heavy atom. The fourth-order valence-corrected chi connectivity index (χ4v) is 4.34. The molecule has 1 aliphatic carbocycles. The molecule has 4 heteroatoms. The second-order valence-electron chi connectivity index (χ2n) is 7.10. The van der Waals surface area contributed by atoms with Crippen molar-refractivity contribution in [3.8, 4) is 0 Å². The van der Waals surface area contributed by atoms with Crippen LogP contribution in [-0.4, -0.2) is 24.1 Å². The van der Waals surface area contributed by atoms with Gasteiger partial charge in [0, 0.05) is 22.7 Å². The number of rotatable bonds is 3. The van der Waals surface area contributed by atoms with Crippen LogP contribution in [0.25, 0.3) is 0 Å². The summed E-state index contributed by atoms with van der Waals surface area (Å²) in [5.41, 5.74) is 3.31. The minimum atomic E-state index is -0.938. The van der Waals surface area contributed by atoms with Crippen molar-refractivity contribution in [1.82, 2.24) is 0 Å². The van der Waals surface area contributed by atoms with Crippen LogP contribution < -0.4 is 0 Å². The first kappa shape index (κ1) is 17.4. The highest BCUT2D eigenvalue weighted by Gasteiger charge is 2.57. The van der Waals surface area contributed by atoms with E-state index >= 15 is 0 Å². The molecular formula is C23H21NO3. The summed E-state index contributed by atoms with van der Waals surface area (Å²) in [6, 6.07) is 17.2. The maximum Gasteiger partial charge on any atom is 0.336 e. The number of allylic oxidation sites excluding steroid dienone is 1. The van der Waals surface area contributed by atoms with Gasteiger partial charge in [-0.05, 0) is 26.3 Å². The molecule has 0 bridgehead atoms. The van der Waals surface area contributed by atoms with Gasteiger partial charge in [-0.3, -0.25) is 9.79 Å². The highest BCUT2D eigenvalue weighted by atomic mass is 16.5. The number of ketones is 1. The monoisotopic (exact) mass is 359 g/mol. The van der Waals surface area contributed by atoms with Crippen molar-refractivity contribution in [1.29, 1.82) is 0 Å². The van der Waals surface area contributed by atoms with E-state index in [2.05, 4.69) is 0 Å².